The fourth-order valence-electron chi connectivity index (χ4n) is 1.82. The number of benzene rings is 2. The minimum Gasteiger partial charge on any atom is -0.495 e. The Labute approximate surface area is 122 Å². The summed E-state index contributed by atoms with van der Waals surface area (Å²) >= 11 is 0. The lowest BCUT2D eigenvalue weighted by Crippen LogP contribution is -2.29. The third kappa shape index (κ3) is 3.60. The minimum atomic E-state index is -0.747. The molecule has 0 saturated carbocycles. The van der Waals surface area contributed by atoms with Crippen molar-refractivity contribution in [3.05, 3.63) is 54.1 Å². The highest BCUT2D eigenvalue weighted by Gasteiger charge is 2.16. The zero-order valence-corrected chi connectivity index (χ0v) is 11.8. The Hall–Kier alpha value is -2.82. The van der Waals surface area contributed by atoms with Crippen LogP contribution in [0.2, 0.25) is 0 Å². The number of carbonyl (C=O) groups is 2. The van der Waals surface area contributed by atoms with Crippen molar-refractivity contribution in [3.8, 4) is 5.75 Å². The maximum atomic E-state index is 11.9. The van der Waals surface area contributed by atoms with Gasteiger partial charge in [-0.25, -0.2) is 0 Å². The Morgan fingerprint density at radius 2 is 1.38 bits per heavy atom. The lowest BCUT2D eigenvalue weighted by molar-refractivity contribution is -0.133. The van der Waals surface area contributed by atoms with Crippen molar-refractivity contribution in [2.24, 2.45) is 0 Å². The van der Waals surface area contributed by atoms with Crippen molar-refractivity contribution in [1.82, 2.24) is 0 Å². The Morgan fingerprint density at radius 1 is 0.857 bits per heavy atom. The van der Waals surface area contributed by atoms with Crippen LogP contribution in [0.1, 0.15) is 5.56 Å². The van der Waals surface area contributed by atoms with Crippen molar-refractivity contribution in [2.45, 2.75) is 6.92 Å². The summed E-state index contributed by atoms with van der Waals surface area (Å²) in [5.74, 6) is -0.979. The van der Waals surface area contributed by atoms with Gasteiger partial charge in [-0.2, -0.15) is 0 Å². The van der Waals surface area contributed by atoms with Crippen LogP contribution in [-0.2, 0) is 9.59 Å². The van der Waals surface area contributed by atoms with Crippen LogP contribution < -0.4 is 15.4 Å². The van der Waals surface area contributed by atoms with E-state index in [1.54, 1.807) is 36.4 Å². The number of amides is 2. The molecular formula is C16H16N2O3. The Kier molecular flexibility index (Phi) is 4.56. The molecule has 2 amide bonds. The minimum absolute atomic E-state index is 0.449. The lowest BCUT2D eigenvalue weighted by Gasteiger charge is -2.10. The second-order valence-electron chi connectivity index (χ2n) is 4.42. The molecule has 5 heteroatoms. The Morgan fingerprint density at radius 3 is 2.00 bits per heavy atom. The topological polar surface area (TPSA) is 67.4 Å². The predicted octanol–water partition coefficient (Wildman–Crippen LogP) is 2.58. The number of para-hydroxylation sites is 3. The van der Waals surface area contributed by atoms with Gasteiger partial charge in [0.2, 0.25) is 0 Å². The summed E-state index contributed by atoms with van der Waals surface area (Å²) < 4.78 is 5.12. The third-order valence-electron chi connectivity index (χ3n) is 2.95. The van der Waals surface area contributed by atoms with Crippen molar-refractivity contribution < 1.29 is 14.3 Å². The number of aryl methyl sites for hydroxylation is 1. The molecule has 0 aliphatic heterocycles. The van der Waals surface area contributed by atoms with Gasteiger partial charge >= 0.3 is 11.8 Å². The highest BCUT2D eigenvalue weighted by Crippen LogP contribution is 2.23. The molecule has 2 aromatic rings. The zero-order chi connectivity index (χ0) is 15.2. The first-order chi connectivity index (χ1) is 10.1. The van der Waals surface area contributed by atoms with Crippen LogP contribution in [-0.4, -0.2) is 18.9 Å². The molecule has 0 atom stereocenters. The molecule has 21 heavy (non-hydrogen) atoms. The predicted molar refractivity (Wildman–Crippen MR) is 81.4 cm³/mol. The number of anilines is 2. The van der Waals surface area contributed by atoms with Gasteiger partial charge in [0.15, 0.2) is 0 Å². The second kappa shape index (κ2) is 6.56. The van der Waals surface area contributed by atoms with Gasteiger partial charge in [-0.15, -0.1) is 0 Å². The summed E-state index contributed by atoms with van der Waals surface area (Å²) in [7, 11) is 1.50. The largest absolute Gasteiger partial charge is 0.495 e. The first-order valence-corrected chi connectivity index (χ1v) is 6.43. The summed E-state index contributed by atoms with van der Waals surface area (Å²) in [6.07, 6.45) is 0. The molecule has 0 heterocycles. The lowest BCUT2D eigenvalue weighted by atomic mass is 10.2. The SMILES string of the molecule is COc1ccccc1NC(=O)C(=O)Nc1ccccc1C. The normalized spacial score (nSPS) is 9.81. The van der Waals surface area contributed by atoms with E-state index in [1.807, 2.05) is 19.1 Å². The molecule has 2 N–H and O–H groups in total. The number of hydrogen-bond donors (Lipinski definition) is 2. The van der Waals surface area contributed by atoms with E-state index in [0.29, 0.717) is 17.1 Å². The van der Waals surface area contributed by atoms with Gasteiger partial charge in [0.05, 0.1) is 12.8 Å². The molecule has 5 nitrogen and oxygen atoms in total. The first kappa shape index (κ1) is 14.6. The molecule has 0 fully saturated rings. The molecule has 0 aromatic heterocycles. The monoisotopic (exact) mass is 284 g/mol. The van der Waals surface area contributed by atoms with Crippen LogP contribution in [0.3, 0.4) is 0 Å². The van der Waals surface area contributed by atoms with Gasteiger partial charge in [0, 0.05) is 5.69 Å². The van der Waals surface area contributed by atoms with Crippen molar-refractivity contribution >= 4 is 23.2 Å². The maximum Gasteiger partial charge on any atom is 0.314 e. The van der Waals surface area contributed by atoms with Crippen LogP contribution in [0.4, 0.5) is 11.4 Å². The van der Waals surface area contributed by atoms with Crippen LogP contribution in [0.25, 0.3) is 0 Å². The van der Waals surface area contributed by atoms with E-state index in [2.05, 4.69) is 10.6 Å². The van der Waals surface area contributed by atoms with Crippen molar-refractivity contribution in [2.75, 3.05) is 17.7 Å². The molecule has 2 aromatic carbocycles. The van der Waals surface area contributed by atoms with Crippen molar-refractivity contribution in [3.63, 3.8) is 0 Å². The van der Waals surface area contributed by atoms with Gasteiger partial charge in [0.25, 0.3) is 0 Å². The quantitative estimate of drug-likeness (QED) is 0.851. The van der Waals surface area contributed by atoms with Gasteiger partial charge in [0.1, 0.15) is 5.75 Å². The molecule has 0 spiro atoms. The van der Waals surface area contributed by atoms with E-state index in [9.17, 15) is 9.59 Å². The van der Waals surface area contributed by atoms with E-state index >= 15 is 0 Å². The zero-order valence-electron chi connectivity index (χ0n) is 11.8. The average molecular weight is 284 g/mol. The molecule has 0 unspecified atom stereocenters. The smallest absolute Gasteiger partial charge is 0.314 e. The van der Waals surface area contributed by atoms with E-state index in [1.165, 1.54) is 7.11 Å². The molecule has 0 radical (unpaired) electrons. The highest BCUT2D eigenvalue weighted by atomic mass is 16.5. The van der Waals surface area contributed by atoms with E-state index in [0.717, 1.165) is 5.56 Å². The highest BCUT2D eigenvalue weighted by molar-refractivity contribution is 6.43. The fourth-order valence-corrected chi connectivity index (χ4v) is 1.82. The summed E-state index contributed by atoms with van der Waals surface area (Å²) in [6, 6.07) is 14.1. The summed E-state index contributed by atoms with van der Waals surface area (Å²) in [4.78, 5) is 23.8. The standard InChI is InChI=1S/C16H16N2O3/c1-11-7-3-4-8-12(11)17-15(19)16(20)18-13-9-5-6-10-14(13)21-2/h3-10H,1-2H3,(H,17,19)(H,18,20). The van der Waals surface area contributed by atoms with Crippen LogP contribution in [0.15, 0.2) is 48.5 Å². The van der Waals surface area contributed by atoms with Crippen LogP contribution in [0.5, 0.6) is 5.75 Å². The van der Waals surface area contributed by atoms with Gasteiger partial charge in [-0.05, 0) is 30.7 Å². The first-order valence-electron chi connectivity index (χ1n) is 6.43. The van der Waals surface area contributed by atoms with Gasteiger partial charge in [-0.3, -0.25) is 9.59 Å². The van der Waals surface area contributed by atoms with Crippen LogP contribution in [0, 0.1) is 6.92 Å². The Balaban J connectivity index is 2.07. The van der Waals surface area contributed by atoms with E-state index in [4.69, 9.17) is 4.74 Å². The number of nitrogens with one attached hydrogen (secondary N) is 2. The van der Waals surface area contributed by atoms with E-state index < -0.39 is 11.8 Å². The summed E-state index contributed by atoms with van der Waals surface area (Å²) in [6.45, 7) is 1.85. The molecule has 0 saturated heterocycles. The number of rotatable bonds is 3. The Bertz CT molecular complexity index is 668. The molecular weight excluding hydrogens is 268 g/mol. The molecule has 108 valence electrons. The average Bonchev–Trinajstić information content (AvgIpc) is 2.50. The third-order valence-corrected chi connectivity index (χ3v) is 2.95. The number of hydrogen-bond acceptors (Lipinski definition) is 3. The van der Waals surface area contributed by atoms with Crippen molar-refractivity contribution in [1.29, 1.82) is 0 Å². The summed E-state index contributed by atoms with van der Waals surface area (Å²) in [5, 5.41) is 5.10. The second-order valence-corrected chi connectivity index (χ2v) is 4.42. The van der Waals surface area contributed by atoms with Gasteiger partial charge in [-0.1, -0.05) is 30.3 Å². The van der Waals surface area contributed by atoms with Gasteiger partial charge < -0.3 is 15.4 Å². The fraction of sp³-hybridized carbons (Fsp3) is 0.125. The molecule has 2 rings (SSSR count). The summed E-state index contributed by atoms with van der Waals surface area (Å²) in [5.41, 5.74) is 1.94. The van der Waals surface area contributed by atoms with E-state index in [-0.39, 0.29) is 0 Å². The molecule has 0 aliphatic rings. The molecule has 0 aliphatic carbocycles. The van der Waals surface area contributed by atoms with Crippen LogP contribution >= 0.6 is 0 Å². The molecule has 0 bridgehead atoms. The number of ether oxygens (including phenoxy) is 1. The number of carbonyl (C=O) groups excluding carboxylic acids is 2. The number of methoxy groups -OCH3 is 1. The maximum absolute atomic E-state index is 11.9.